The Kier molecular flexibility index (Phi) is 3.61. The molecule has 38 heavy (non-hydrogen) atoms. The molecule has 0 unspecified atom stereocenters. The third kappa shape index (κ3) is 2.12. The lowest BCUT2D eigenvalue weighted by atomic mass is 9.66. The summed E-state index contributed by atoms with van der Waals surface area (Å²) in [6.07, 6.45) is 1.97. The zero-order chi connectivity index (χ0) is 25.2. The Hall–Kier alpha value is -4.49. The van der Waals surface area contributed by atoms with Crippen molar-refractivity contribution in [3.05, 3.63) is 149 Å². The van der Waals surface area contributed by atoms with E-state index in [-0.39, 0.29) is 5.41 Å². The van der Waals surface area contributed by atoms with Crippen LogP contribution in [-0.4, -0.2) is 4.98 Å². The summed E-state index contributed by atoms with van der Waals surface area (Å²) in [6, 6.07) is 40.8. The zero-order valence-electron chi connectivity index (χ0n) is 21.4. The lowest BCUT2D eigenvalue weighted by molar-refractivity contribution is 0.645. The number of aromatic nitrogens is 1. The molecule has 0 saturated heterocycles. The maximum atomic E-state index is 5.18. The van der Waals surface area contributed by atoms with E-state index >= 15 is 0 Å². The molecule has 1 nitrogen and oxygen atoms in total. The molecule has 1 spiro atoms. The summed E-state index contributed by atoms with van der Waals surface area (Å²) in [5.74, 6) is 0. The third-order valence-electron chi connectivity index (χ3n) is 9.51. The molecule has 0 amide bonds. The highest BCUT2D eigenvalue weighted by atomic mass is 14.8. The first-order valence-electron chi connectivity index (χ1n) is 13.5. The van der Waals surface area contributed by atoms with Crippen LogP contribution < -0.4 is 0 Å². The Morgan fingerprint density at radius 2 is 1.08 bits per heavy atom. The highest BCUT2D eigenvalue weighted by molar-refractivity contribution is 6.13. The summed E-state index contributed by atoms with van der Waals surface area (Å²) in [5.41, 5.74) is 15.4. The Morgan fingerprint density at radius 3 is 1.79 bits per heavy atom. The quantitative estimate of drug-likeness (QED) is 0.210. The van der Waals surface area contributed by atoms with E-state index in [1.165, 1.54) is 72.0 Å². The van der Waals surface area contributed by atoms with Crippen molar-refractivity contribution in [3.63, 3.8) is 0 Å². The van der Waals surface area contributed by atoms with Gasteiger partial charge in [0.1, 0.15) is 0 Å². The molecule has 0 N–H and O–H groups in total. The lowest BCUT2D eigenvalue weighted by Crippen LogP contribution is -2.27. The number of benzene rings is 5. The van der Waals surface area contributed by atoms with E-state index in [0.717, 1.165) is 5.69 Å². The van der Waals surface area contributed by atoms with Crippen LogP contribution in [0, 0.1) is 0 Å². The monoisotopic (exact) mass is 483 g/mol. The molecule has 3 aliphatic rings. The molecule has 6 aromatic rings. The average Bonchev–Trinajstić information content (AvgIpc) is 3.43. The smallest absolute Gasteiger partial charge is 0.0898 e. The average molecular weight is 484 g/mol. The van der Waals surface area contributed by atoms with Crippen LogP contribution in [0.2, 0.25) is 0 Å². The fourth-order valence-corrected chi connectivity index (χ4v) is 8.03. The fraction of sp³-hybridized carbons (Fsp3) is 0.108. The van der Waals surface area contributed by atoms with Crippen LogP contribution >= 0.6 is 0 Å². The van der Waals surface area contributed by atoms with Crippen molar-refractivity contribution in [1.29, 1.82) is 0 Å². The van der Waals surface area contributed by atoms with Gasteiger partial charge in [-0.25, -0.2) is 0 Å². The van der Waals surface area contributed by atoms with Gasteiger partial charge in [0.05, 0.1) is 11.1 Å². The minimum Gasteiger partial charge on any atom is -0.259 e. The van der Waals surface area contributed by atoms with Crippen molar-refractivity contribution in [2.24, 2.45) is 0 Å². The molecular weight excluding hydrogens is 458 g/mol. The number of nitrogens with zero attached hydrogens (tertiary/aromatic N) is 1. The van der Waals surface area contributed by atoms with Gasteiger partial charge in [-0.3, -0.25) is 4.98 Å². The number of fused-ring (bicyclic) bond motifs is 13. The first kappa shape index (κ1) is 20.6. The molecule has 1 heterocycles. The van der Waals surface area contributed by atoms with Crippen molar-refractivity contribution in [1.82, 2.24) is 4.98 Å². The SMILES string of the molecule is CC1(C)c2ccccc2-c2cc3c(c4cccc1c24)-c1cccnc1C31c2ccccc2-c2ccccc21. The van der Waals surface area contributed by atoms with E-state index in [9.17, 15) is 0 Å². The van der Waals surface area contributed by atoms with Crippen LogP contribution in [0.5, 0.6) is 0 Å². The van der Waals surface area contributed by atoms with Gasteiger partial charge in [-0.05, 0) is 78.5 Å². The minimum atomic E-state index is -0.429. The van der Waals surface area contributed by atoms with Crippen molar-refractivity contribution in [3.8, 4) is 33.4 Å². The molecule has 3 aliphatic carbocycles. The minimum absolute atomic E-state index is 0.0715. The van der Waals surface area contributed by atoms with E-state index in [4.69, 9.17) is 4.98 Å². The summed E-state index contributed by atoms with van der Waals surface area (Å²) in [5, 5.41) is 2.73. The number of hydrogen-bond donors (Lipinski definition) is 0. The summed E-state index contributed by atoms with van der Waals surface area (Å²) >= 11 is 0. The van der Waals surface area contributed by atoms with Gasteiger partial charge in [0.15, 0.2) is 0 Å². The normalized spacial score (nSPS) is 16.1. The third-order valence-corrected chi connectivity index (χ3v) is 9.51. The van der Waals surface area contributed by atoms with Crippen molar-refractivity contribution in [2.75, 3.05) is 0 Å². The molecule has 1 heteroatoms. The van der Waals surface area contributed by atoms with Crippen LogP contribution in [0.25, 0.3) is 44.2 Å². The molecule has 178 valence electrons. The van der Waals surface area contributed by atoms with Gasteiger partial charge < -0.3 is 0 Å². The Morgan fingerprint density at radius 1 is 0.500 bits per heavy atom. The number of hydrogen-bond acceptors (Lipinski definition) is 1. The number of rotatable bonds is 0. The molecule has 0 saturated carbocycles. The molecular formula is C37H25N. The maximum absolute atomic E-state index is 5.18. The van der Waals surface area contributed by atoms with Gasteiger partial charge in [-0.1, -0.05) is 111 Å². The maximum Gasteiger partial charge on any atom is 0.0898 e. The van der Waals surface area contributed by atoms with E-state index in [2.05, 4.69) is 123 Å². The van der Waals surface area contributed by atoms with Gasteiger partial charge in [0.2, 0.25) is 0 Å². The first-order chi connectivity index (χ1) is 18.6. The van der Waals surface area contributed by atoms with Crippen molar-refractivity contribution in [2.45, 2.75) is 24.7 Å². The van der Waals surface area contributed by atoms with Gasteiger partial charge in [-0.2, -0.15) is 0 Å². The Labute approximate surface area is 222 Å². The van der Waals surface area contributed by atoms with Gasteiger partial charge in [0.25, 0.3) is 0 Å². The molecule has 0 bridgehead atoms. The second kappa shape index (κ2) is 6.68. The molecule has 5 aromatic carbocycles. The van der Waals surface area contributed by atoms with Crippen LogP contribution in [-0.2, 0) is 10.8 Å². The zero-order valence-corrected chi connectivity index (χ0v) is 21.4. The molecule has 0 radical (unpaired) electrons. The largest absolute Gasteiger partial charge is 0.259 e. The van der Waals surface area contributed by atoms with Crippen molar-refractivity contribution >= 4 is 10.8 Å². The predicted molar refractivity (Wildman–Crippen MR) is 156 cm³/mol. The molecule has 0 atom stereocenters. The Balaban J connectivity index is 1.55. The summed E-state index contributed by atoms with van der Waals surface area (Å²) < 4.78 is 0. The van der Waals surface area contributed by atoms with E-state index in [0.29, 0.717) is 0 Å². The molecule has 0 aliphatic heterocycles. The summed E-state index contributed by atoms with van der Waals surface area (Å²) in [4.78, 5) is 5.18. The first-order valence-corrected chi connectivity index (χ1v) is 13.5. The van der Waals surface area contributed by atoms with E-state index < -0.39 is 5.41 Å². The number of pyridine rings is 1. The summed E-state index contributed by atoms with van der Waals surface area (Å²) in [7, 11) is 0. The van der Waals surface area contributed by atoms with E-state index in [1.807, 2.05) is 6.20 Å². The molecule has 1 aromatic heterocycles. The second-order valence-corrected chi connectivity index (χ2v) is 11.5. The summed E-state index contributed by atoms with van der Waals surface area (Å²) in [6.45, 7) is 4.74. The second-order valence-electron chi connectivity index (χ2n) is 11.5. The van der Waals surface area contributed by atoms with E-state index in [1.54, 1.807) is 0 Å². The highest BCUT2D eigenvalue weighted by Crippen LogP contribution is 2.64. The van der Waals surface area contributed by atoms with Crippen LogP contribution in [0.1, 0.15) is 47.4 Å². The topological polar surface area (TPSA) is 12.9 Å². The van der Waals surface area contributed by atoms with Gasteiger partial charge in [0, 0.05) is 17.2 Å². The van der Waals surface area contributed by atoms with Crippen LogP contribution in [0.3, 0.4) is 0 Å². The molecule has 9 rings (SSSR count). The van der Waals surface area contributed by atoms with Gasteiger partial charge in [-0.15, -0.1) is 0 Å². The van der Waals surface area contributed by atoms with Crippen LogP contribution in [0.15, 0.2) is 115 Å². The molecule has 0 fully saturated rings. The lowest BCUT2D eigenvalue weighted by Gasteiger charge is -2.36. The predicted octanol–water partition coefficient (Wildman–Crippen LogP) is 8.88. The fourth-order valence-electron chi connectivity index (χ4n) is 8.03. The Bertz CT molecular complexity index is 1960. The highest BCUT2D eigenvalue weighted by Gasteiger charge is 2.53. The van der Waals surface area contributed by atoms with Crippen LogP contribution in [0.4, 0.5) is 0 Å². The van der Waals surface area contributed by atoms with Crippen molar-refractivity contribution < 1.29 is 0 Å². The van der Waals surface area contributed by atoms with Gasteiger partial charge >= 0.3 is 0 Å². The standard InChI is InChI=1S/C37H25N/c1-36(2)28-16-6-3-13-24(28)27-21-32-33(25-14-9-19-31(36)34(25)27)26-15-10-20-38-35(26)37(32)29-17-7-4-11-22(29)23-12-5-8-18-30(23)37/h3-21H,1-2H3.